The van der Waals surface area contributed by atoms with Crippen molar-refractivity contribution in [2.45, 2.75) is 13.0 Å². The van der Waals surface area contributed by atoms with Crippen LogP contribution in [0.15, 0.2) is 42.5 Å². The molecule has 0 saturated heterocycles. The Bertz CT molecular complexity index is 615. The number of nitriles is 1. The number of nitrogens with zero attached hydrogens (tertiary/aromatic N) is 1. The maximum absolute atomic E-state index is 9.27. The first-order valence-corrected chi connectivity index (χ1v) is 6.53. The van der Waals surface area contributed by atoms with Crippen LogP contribution < -0.4 is 5.32 Å². The van der Waals surface area contributed by atoms with Crippen molar-refractivity contribution in [2.75, 3.05) is 5.32 Å². The second kappa shape index (κ2) is 5.97. The van der Waals surface area contributed by atoms with Crippen molar-refractivity contribution in [2.24, 2.45) is 0 Å². The molecular formula is C15H12Cl2N2. The van der Waals surface area contributed by atoms with Gasteiger partial charge in [-0.15, -0.1) is 0 Å². The molecule has 0 bridgehead atoms. The van der Waals surface area contributed by atoms with Gasteiger partial charge in [0.15, 0.2) is 0 Å². The summed E-state index contributed by atoms with van der Waals surface area (Å²) in [7, 11) is 0. The minimum atomic E-state index is -0.461. The van der Waals surface area contributed by atoms with Gasteiger partial charge in [0.05, 0.1) is 16.1 Å². The van der Waals surface area contributed by atoms with Gasteiger partial charge in [-0.25, -0.2) is 0 Å². The van der Waals surface area contributed by atoms with E-state index >= 15 is 0 Å². The number of halogens is 2. The standard InChI is InChI=1S/C15H12Cl2N2/c1-10-2-5-12(6-3-10)19-15(9-18)11-4-7-13(16)14(17)8-11/h2-8,15,19H,1H3. The van der Waals surface area contributed by atoms with Crippen LogP contribution >= 0.6 is 23.2 Å². The van der Waals surface area contributed by atoms with Crippen LogP contribution in [0, 0.1) is 18.3 Å². The van der Waals surface area contributed by atoms with Crippen LogP contribution in [0.4, 0.5) is 5.69 Å². The number of aryl methyl sites for hydroxylation is 1. The Morgan fingerprint density at radius 1 is 1.05 bits per heavy atom. The van der Waals surface area contributed by atoms with Crippen LogP contribution in [-0.4, -0.2) is 0 Å². The van der Waals surface area contributed by atoms with E-state index in [1.165, 1.54) is 5.56 Å². The molecule has 0 spiro atoms. The van der Waals surface area contributed by atoms with Gasteiger partial charge in [0.25, 0.3) is 0 Å². The molecule has 2 nitrogen and oxygen atoms in total. The molecule has 0 aliphatic heterocycles. The zero-order valence-electron chi connectivity index (χ0n) is 10.3. The van der Waals surface area contributed by atoms with E-state index in [1.807, 2.05) is 31.2 Å². The van der Waals surface area contributed by atoms with Gasteiger partial charge < -0.3 is 5.32 Å². The summed E-state index contributed by atoms with van der Waals surface area (Å²) in [5.74, 6) is 0. The molecule has 2 aromatic rings. The highest BCUT2D eigenvalue weighted by atomic mass is 35.5. The lowest BCUT2D eigenvalue weighted by atomic mass is 10.1. The van der Waals surface area contributed by atoms with Crippen molar-refractivity contribution in [3.8, 4) is 6.07 Å². The first-order chi connectivity index (χ1) is 9.10. The van der Waals surface area contributed by atoms with Crippen LogP contribution in [0.3, 0.4) is 0 Å². The van der Waals surface area contributed by atoms with E-state index < -0.39 is 6.04 Å². The van der Waals surface area contributed by atoms with E-state index in [0.717, 1.165) is 11.3 Å². The lowest BCUT2D eigenvalue weighted by molar-refractivity contribution is 0.997. The molecule has 0 aromatic heterocycles. The van der Waals surface area contributed by atoms with Gasteiger partial charge in [-0.1, -0.05) is 47.0 Å². The smallest absolute Gasteiger partial charge is 0.140 e. The summed E-state index contributed by atoms with van der Waals surface area (Å²) in [5, 5.41) is 13.4. The van der Waals surface area contributed by atoms with Crippen LogP contribution in [0.5, 0.6) is 0 Å². The second-order valence-corrected chi connectivity index (χ2v) is 5.06. The molecule has 1 N–H and O–H groups in total. The SMILES string of the molecule is Cc1ccc(NC(C#N)c2ccc(Cl)c(Cl)c2)cc1. The van der Waals surface area contributed by atoms with E-state index in [1.54, 1.807) is 18.2 Å². The third-order valence-electron chi connectivity index (χ3n) is 2.77. The third kappa shape index (κ3) is 3.41. The number of rotatable bonds is 3. The zero-order chi connectivity index (χ0) is 13.8. The number of benzene rings is 2. The molecule has 0 radical (unpaired) electrons. The van der Waals surface area contributed by atoms with E-state index in [-0.39, 0.29) is 0 Å². The summed E-state index contributed by atoms with van der Waals surface area (Å²) in [4.78, 5) is 0. The number of nitrogens with one attached hydrogen (secondary N) is 1. The minimum Gasteiger partial charge on any atom is -0.366 e. The van der Waals surface area contributed by atoms with Crippen LogP contribution in [0.2, 0.25) is 10.0 Å². The molecule has 0 saturated carbocycles. The van der Waals surface area contributed by atoms with Gasteiger partial charge >= 0.3 is 0 Å². The molecule has 2 rings (SSSR count). The van der Waals surface area contributed by atoms with E-state index in [9.17, 15) is 5.26 Å². The quantitative estimate of drug-likeness (QED) is 0.865. The van der Waals surface area contributed by atoms with Gasteiger partial charge in [-0.2, -0.15) is 5.26 Å². The number of hydrogen-bond donors (Lipinski definition) is 1. The molecular weight excluding hydrogens is 279 g/mol. The highest BCUT2D eigenvalue weighted by molar-refractivity contribution is 6.42. The molecule has 1 unspecified atom stereocenters. The van der Waals surface area contributed by atoms with Crippen molar-refractivity contribution < 1.29 is 0 Å². The lowest BCUT2D eigenvalue weighted by Crippen LogP contribution is -2.08. The Morgan fingerprint density at radius 2 is 1.74 bits per heavy atom. The largest absolute Gasteiger partial charge is 0.366 e. The highest BCUT2D eigenvalue weighted by Gasteiger charge is 2.11. The molecule has 2 aromatic carbocycles. The van der Waals surface area contributed by atoms with Gasteiger partial charge in [0.1, 0.15) is 6.04 Å². The van der Waals surface area contributed by atoms with E-state index in [2.05, 4.69) is 11.4 Å². The van der Waals surface area contributed by atoms with Crippen LogP contribution in [-0.2, 0) is 0 Å². The van der Waals surface area contributed by atoms with Gasteiger partial charge in [0, 0.05) is 5.69 Å². The lowest BCUT2D eigenvalue weighted by Gasteiger charge is -2.14. The first-order valence-electron chi connectivity index (χ1n) is 5.78. The fourth-order valence-corrected chi connectivity index (χ4v) is 2.01. The van der Waals surface area contributed by atoms with E-state index in [0.29, 0.717) is 10.0 Å². The molecule has 0 aliphatic rings. The molecule has 0 heterocycles. The summed E-state index contributed by atoms with van der Waals surface area (Å²) in [6, 6.07) is 14.8. The molecule has 19 heavy (non-hydrogen) atoms. The maximum atomic E-state index is 9.27. The molecule has 1 atom stereocenters. The molecule has 4 heteroatoms. The highest BCUT2D eigenvalue weighted by Crippen LogP contribution is 2.27. The third-order valence-corrected chi connectivity index (χ3v) is 3.51. The second-order valence-electron chi connectivity index (χ2n) is 4.25. The fraction of sp³-hybridized carbons (Fsp3) is 0.133. The normalized spacial score (nSPS) is 11.7. The number of anilines is 1. The summed E-state index contributed by atoms with van der Waals surface area (Å²) < 4.78 is 0. The Morgan fingerprint density at radius 3 is 2.32 bits per heavy atom. The first kappa shape index (κ1) is 13.7. The summed E-state index contributed by atoms with van der Waals surface area (Å²) in [6.07, 6.45) is 0. The summed E-state index contributed by atoms with van der Waals surface area (Å²) in [5.41, 5.74) is 2.86. The average molecular weight is 291 g/mol. The average Bonchev–Trinajstić information content (AvgIpc) is 2.41. The van der Waals surface area contributed by atoms with Crippen molar-refractivity contribution in [3.63, 3.8) is 0 Å². The maximum Gasteiger partial charge on any atom is 0.140 e. The van der Waals surface area contributed by atoms with Crippen LogP contribution in [0.25, 0.3) is 0 Å². The predicted octanol–water partition coefficient (Wildman–Crippen LogP) is 4.98. The van der Waals surface area contributed by atoms with Gasteiger partial charge in [-0.05, 0) is 36.8 Å². The summed E-state index contributed by atoms with van der Waals surface area (Å²) in [6.45, 7) is 2.02. The Labute approximate surface area is 122 Å². The Hall–Kier alpha value is -1.69. The fourth-order valence-electron chi connectivity index (χ4n) is 1.70. The molecule has 96 valence electrons. The van der Waals surface area contributed by atoms with Gasteiger partial charge in [-0.3, -0.25) is 0 Å². The Balaban J connectivity index is 2.23. The minimum absolute atomic E-state index is 0.449. The number of hydrogen-bond acceptors (Lipinski definition) is 2. The van der Waals surface area contributed by atoms with Crippen molar-refractivity contribution in [3.05, 3.63) is 63.6 Å². The molecule has 0 fully saturated rings. The molecule has 0 amide bonds. The van der Waals surface area contributed by atoms with Gasteiger partial charge in [0.2, 0.25) is 0 Å². The molecule has 0 aliphatic carbocycles. The Kier molecular flexibility index (Phi) is 4.31. The van der Waals surface area contributed by atoms with Crippen molar-refractivity contribution in [1.82, 2.24) is 0 Å². The van der Waals surface area contributed by atoms with Crippen molar-refractivity contribution in [1.29, 1.82) is 5.26 Å². The predicted molar refractivity (Wildman–Crippen MR) is 79.6 cm³/mol. The summed E-state index contributed by atoms with van der Waals surface area (Å²) >= 11 is 11.8. The monoisotopic (exact) mass is 290 g/mol. The van der Waals surface area contributed by atoms with E-state index in [4.69, 9.17) is 23.2 Å². The zero-order valence-corrected chi connectivity index (χ0v) is 11.8. The van der Waals surface area contributed by atoms with Crippen molar-refractivity contribution >= 4 is 28.9 Å². The van der Waals surface area contributed by atoms with Crippen LogP contribution in [0.1, 0.15) is 17.2 Å². The topological polar surface area (TPSA) is 35.8 Å².